The van der Waals surface area contributed by atoms with Crippen molar-refractivity contribution in [3.8, 4) is 34.3 Å². The van der Waals surface area contributed by atoms with Crippen LogP contribution in [0, 0.1) is 0 Å². The molecule has 0 aliphatic rings. The number of primary amides is 1. The number of hydrogen-bond donors (Lipinski definition) is 3. The standard InChI is InChI=1S/C36H28N6O4/c1-45-27-13-7-22(8-14-27)34-38-29-17-11-25(19-31(29)40-34)42(36(44)24-5-3-21(4-6-24)33(37)43)26-12-18-30-32(20-26)41-35(39-30)23-9-15-28(46-2)16-10-23/h3-20H,1-2H3,(H2,37,43)(H,38,40)(H,39,41). The number of fused-ring (bicyclic) bond motifs is 2. The number of nitrogens with zero attached hydrogens (tertiary/aromatic N) is 3. The van der Waals surface area contributed by atoms with Crippen LogP contribution in [0.2, 0.25) is 0 Å². The molecule has 0 aliphatic carbocycles. The molecule has 0 spiro atoms. The van der Waals surface area contributed by atoms with Gasteiger partial charge in [-0.3, -0.25) is 14.5 Å². The van der Waals surface area contributed by atoms with Gasteiger partial charge in [-0.15, -0.1) is 0 Å². The number of carbonyl (C=O) groups excluding carboxylic acids is 2. The van der Waals surface area contributed by atoms with E-state index in [9.17, 15) is 9.59 Å². The van der Waals surface area contributed by atoms with Gasteiger partial charge in [-0.25, -0.2) is 9.97 Å². The topological polar surface area (TPSA) is 139 Å². The highest BCUT2D eigenvalue weighted by atomic mass is 16.5. The monoisotopic (exact) mass is 608 g/mol. The number of carbonyl (C=O) groups is 2. The van der Waals surface area contributed by atoms with E-state index in [0.29, 0.717) is 45.2 Å². The van der Waals surface area contributed by atoms with Gasteiger partial charge in [0.1, 0.15) is 23.1 Å². The van der Waals surface area contributed by atoms with Crippen molar-refractivity contribution in [2.24, 2.45) is 5.73 Å². The first-order chi connectivity index (χ1) is 22.4. The Bertz CT molecular complexity index is 2090. The van der Waals surface area contributed by atoms with Crippen molar-refractivity contribution in [2.45, 2.75) is 0 Å². The number of benzene rings is 5. The largest absolute Gasteiger partial charge is 0.497 e. The molecular weight excluding hydrogens is 580 g/mol. The lowest BCUT2D eigenvalue weighted by molar-refractivity contribution is 0.0988. The second-order valence-electron chi connectivity index (χ2n) is 10.6. The van der Waals surface area contributed by atoms with Gasteiger partial charge in [-0.1, -0.05) is 0 Å². The lowest BCUT2D eigenvalue weighted by Crippen LogP contribution is -2.26. The third kappa shape index (κ3) is 5.28. The number of rotatable bonds is 8. The van der Waals surface area contributed by atoms with Crippen LogP contribution in [0.4, 0.5) is 11.4 Å². The van der Waals surface area contributed by atoms with Crippen LogP contribution >= 0.6 is 0 Å². The van der Waals surface area contributed by atoms with Crippen molar-refractivity contribution in [2.75, 3.05) is 19.1 Å². The molecule has 0 saturated carbocycles. The Morgan fingerprint density at radius 3 is 1.46 bits per heavy atom. The molecule has 0 fully saturated rings. The molecule has 10 heteroatoms. The number of nitrogens with two attached hydrogens (primary N) is 1. The highest BCUT2D eigenvalue weighted by molar-refractivity contribution is 6.12. The smallest absolute Gasteiger partial charge is 0.262 e. The predicted molar refractivity (Wildman–Crippen MR) is 178 cm³/mol. The van der Waals surface area contributed by atoms with Gasteiger partial charge in [0.25, 0.3) is 5.91 Å². The molecule has 5 aromatic carbocycles. The summed E-state index contributed by atoms with van der Waals surface area (Å²) in [7, 11) is 3.25. The molecule has 226 valence electrons. The molecule has 2 amide bonds. The lowest BCUT2D eigenvalue weighted by Gasteiger charge is -2.23. The molecule has 0 atom stereocenters. The second kappa shape index (κ2) is 11.6. The Hall–Kier alpha value is -6.42. The SMILES string of the molecule is COc1ccc(-c2nc3cc(N(C(=O)c4ccc(C(N)=O)cc4)c4ccc5[nH]c(-c6ccc(OC)cc6)nc5c4)ccc3[nH]2)cc1. The molecule has 7 aromatic rings. The lowest BCUT2D eigenvalue weighted by atomic mass is 10.1. The van der Waals surface area contributed by atoms with E-state index in [0.717, 1.165) is 33.7 Å². The van der Waals surface area contributed by atoms with Crippen molar-refractivity contribution >= 4 is 45.3 Å². The van der Waals surface area contributed by atoms with Gasteiger partial charge in [0.15, 0.2) is 0 Å². The zero-order valence-electron chi connectivity index (χ0n) is 24.9. The van der Waals surface area contributed by atoms with E-state index in [2.05, 4.69) is 9.97 Å². The first-order valence-corrected chi connectivity index (χ1v) is 14.4. The first kappa shape index (κ1) is 28.4. The summed E-state index contributed by atoms with van der Waals surface area (Å²) in [5.41, 5.74) is 12.2. The minimum absolute atomic E-state index is 0.299. The Morgan fingerprint density at radius 1 is 0.609 bits per heavy atom. The van der Waals surface area contributed by atoms with Gasteiger partial charge < -0.3 is 25.2 Å². The Balaban J connectivity index is 1.31. The normalized spacial score (nSPS) is 11.1. The maximum Gasteiger partial charge on any atom is 0.262 e. The van der Waals surface area contributed by atoms with E-state index in [1.54, 1.807) is 43.4 Å². The quantitative estimate of drug-likeness (QED) is 0.172. The summed E-state index contributed by atoms with van der Waals surface area (Å²) >= 11 is 0. The predicted octanol–water partition coefficient (Wildman–Crippen LogP) is 6.87. The number of aromatic amines is 2. The fraction of sp³-hybridized carbons (Fsp3) is 0.0556. The summed E-state index contributed by atoms with van der Waals surface area (Å²) in [4.78, 5) is 43.9. The summed E-state index contributed by atoms with van der Waals surface area (Å²) < 4.78 is 10.6. The van der Waals surface area contributed by atoms with Gasteiger partial charge in [0.05, 0.1) is 47.7 Å². The highest BCUT2D eigenvalue weighted by Crippen LogP contribution is 2.34. The van der Waals surface area contributed by atoms with Crippen LogP contribution in [0.15, 0.2) is 109 Å². The summed E-state index contributed by atoms with van der Waals surface area (Å²) in [6.07, 6.45) is 0. The molecule has 4 N–H and O–H groups in total. The van der Waals surface area contributed by atoms with Gasteiger partial charge in [0, 0.05) is 22.3 Å². The Labute approximate surface area is 263 Å². The molecule has 2 aromatic heterocycles. The summed E-state index contributed by atoms with van der Waals surface area (Å²) in [6.45, 7) is 0. The number of nitrogens with one attached hydrogen (secondary N) is 2. The van der Waals surface area contributed by atoms with Gasteiger partial charge in [0.2, 0.25) is 5.91 Å². The summed E-state index contributed by atoms with van der Waals surface area (Å²) in [6, 6.07) is 32.8. The third-order valence-electron chi connectivity index (χ3n) is 7.80. The van der Waals surface area contributed by atoms with Gasteiger partial charge in [-0.05, 0) is 109 Å². The third-order valence-corrected chi connectivity index (χ3v) is 7.80. The summed E-state index contributed by atoms with van der Waals surface area (Å²) in [5.74, 6) is 2.03. The number of methoxy groups -OCH3 is 2. The van der Waals surface area contributed by atoms with E-state index in [1.807, 2.05) is 84.9 Å². The van der Waals surface area contributed by atoms with E-state index in [1.165, 1.54) is 0 Å². The number of H-pyrrole nitrogens is 2. The molecule has 7 rings (SSSR count). The van der Waals surface area contributed by atoms with Gasteiger partial charge >= 0.3 is 0 Å². The fourth-order valence-electron chi connectivity index (χ4n) is 5.33. The number of hydrogen-bond acceptors (Lipinski definition) is 6. The molecule has 2 heterocycles. The average Bonchev–Trinajstić information content (AvgIpc) is 3.73. The molecule has 10 nitrogen and oxygen atoms in total. The first-order valence-electron chi connectivity index (χ1n) is 14.4. The average molecular weight is 609 g/mol. The number of ether oxygens (including phenoxy) is 2. The van der Waals surface area contributed by atoms with Crippen LogP contribution in [0.3, 0.4) is 0 Å². The molecular formula is C36H28N6O4. The molecule has 0 aliphatic heterocycles. The molecule has 0 radical (unpaired) electrons. The zero-order chi connectivity index (χ0) is 31.8. The molecule has 0 saturated heterocycles. The van der Waals surface area contributed by atoms with E-state index in [4.69, 9.17) is 25.2 Å². The van der Waals surface area contributed by atoms with Crippen molar-refractivity contribution < 1.29 is 19.1 Å². The number of aromatic nitrogens is 4. The van der Waals surface area contributed by atoms with Crippen LogP contribution in [-0.2, 0) is 0 Å². The van der Waals surface area contributed by atoms with Crippen LogP contribution in [0.25, 0.3) is 44.8 Å². The van der Waals surface area contributed by atoms with Crippen molar-refractivity contribution in [1.82, 2.24) is 19.9 Å². The highest BCUT2D eigenvalue weighted by Gasteiger charge is 2.22. The number of amides is 2. The maximum absolute atomic E-state index is 14.2. The number of imidazole rings is 2. The minimum Gasteiger partial charge on any atom is -0.497 e. The fourth-order valence-corrected chi connectivity index (χ4v) is 5.33. The van der Waals surface area contributed by atoms with Crippen LogP contribution < -0.4 is 20.1 Å². The van der Waals surface area contributed by atoms with E-state index >= 15 is 0 Å². The zero-order valence-corrected chi connectivity index (χ0v) is 24.9. The maximum atomic E-state index is 14.2. The second-order valence-corrected chi connectivity index (χ2v) is 10.6. The van der Waals surface area contributed by atoms with Crippen molar-refractivity contribution in [3.63, 3.8) is 0 Å². The van der Waals surface area contributed by atoms with Crippen LogP contribution in [0.1, 0.15) is 20.7 Å². The van der Waals surface area contributed by atoms with Crippen LogP contribution in [0.5, 0.6) is 11.5 Å². The van der Waals surface area contributed by atoms with Crippen molar-refractivity contribution in [1.29, 1.82) is 0 Å². The van der Waals surface area contributed by atoms with Crippen LogP contribution in [-0.4, -0.2) is 46.0 Å². The van der Waals surface area contributed by atoms with Crippen molar-refractivity contribution in [3.05, 3.63) is 120 Å². The molecule has 0 unspecified atom stereocenters. The molecule has 0 bridgehead atoms. The molecule has 46 heavy (non-hydrogen) atoms. The number of anilines is 2. The minimum atomic E-state index is -0.566. The summed E-state index contributed by atoms with van der Waals surface area (Å²) in [5, 5.41) is 0. The van der Waals surface area contributed by atoms with E-state index in [-0.39, 0.29) is 5.91 Å². The van der Waals surface area contributed by atoms with E-state index < -0.39 is 5.91 Å². The Morgan fingerprint density at radius 2 is 1.04 bits per heavy atom. The Kier molecular flexibility index (Phi) is 7.14. The van der Waals surface area contributed by atoms with Gasteiger partial charge in [-0.2, -0.15) is 0 Å².